The molecule has 0 aliphatic heterocycles. The monoisotopic (exact) mass is 595 g/mol. The van der Waals surface area contributed by atoms with Gasteiger partial charge in [-0.3, -0.25) is 13.9 Å². The van der Waals surface area contributed by atoms with E-state index in [0.29, 0.717) is 30.9 Å². The first kappa shape index (κ1) is 32.5. The van der Waals surface area contributed by atoms with Crippen LogP contribution in [0.2, 0.25) is 0 Å². The zero-order valence-corrected chi connectivity index (χ0v) is 25.6. The normalized spacial score (nSPS) is 11.8. The van der Waals surface area contributed by atoms with Crippen LogP contribution in [0.15, 0.2) is 83.8 Å². The number of anilines is 1. The van der Waals surface area contributed by atoms with Gasteiger partial charge in [0.05, 0.1) is 24.8 Å². The standard InChI is InChI=1S/C32H41N3O6S/c1-5-7-21-33-32(37)28(6-2)34(22-20-25-14-10-8-11-15-25)31(36)24-35(42(38,39)27-16-12-9-13-17-27)26-18-19-29(40-3)30(23-26)41-4/h8-19,23,28H,5-7,20-22,24H2,1-4H3,(H,33,37)/t28-/m0/s1. The first-order valence-electron chi connectivity index (χ1n) is 14.2. The lowest BCUT2D eigenvalue weighted by atomic mass is 10.1. The molecule has 3 rings (SSSR count). The molecular weight excluding hydrogens is 554 g/mol. The number of amides is 2. The lowest BCUT2D eigenvalue weighted by Gasteiger charge is -2.33. The Morgan fingerprint density at radius 3 is 2.12 bits per heavy atom. The van der Waals surface area contributed by atoms with Crippen LogP contribution < -0.4 is 19.1 Å². The highest BCUT2D eigenvalue weighted by atomic mass is 32.2. The molecule has 0 radical (unpaired) electrons. The number of hydrogen-bond acceptors (Lipinski definition) is 6. The van der Waals surface area contributed by atoms with Crippen LogP contribution in [-0.4, -0.2) is 65.0 Å². The van der Waals surface area contributed by atoms with E-state index in [1.807, 2.05) is 44.2 Å². The zero-order chi connectivity index (χ0) is 30.5. The van der Waals surface area contributed by atoms with E-state index in [4.69, 9.17) is 9.47 Å². The van der Waals surface area contributed by atoms with Gasteiger partial charge in [0, 0.05) is 19.2 Å². The highest BCUT2D eigenvalue weighted by Gasteiger charge is 2.33. The van der Waals surface area contributed by atoms with Crippen molar-refractivity contribution in [1.82, 2.24) is 10.2 Å². The number of unbranched alkanes of at least 4 members (excludes halogenated alkanes) is 1. The summed E-state index contributed by atoms with van der Waals surface area (Å²) < 4.78 is 39.8. The van der Waals surface area contributed by atoms with Crippen molar-refractivity contribution in [2.75, 3.05) is 38.2 Å². The van der Waals surface area contributed by atoms with E-state index in [2.05, 4.69) is 5.32 Å². The summed E-state index contributed by atoms with van der Waals surface area (Å²) in [6, 6.07) is 21.5. The largest absolute Gasteiger partial charge is 0.493 e. The van der Waals surface area contributed by atoms with Crippen molar-refractivity contribution in [3.63, 3.8) is 0 Å². The van der Waals surface area contributed by atoms with Crippen LogP contribution in [-0.2, 0) is 26.0 Å². The minimum atomic E-state index is -4.18. The van der Waals surface area contributed by atoms with Gasteiger partial charge in [0.2, 0.25) is 11.8 Å². The number of carbonyl (C=O) groups is 2. The summed E-state index contributed by atoms with van der Waals surface area (Å²) in [5, 5.41) is 2.94. The molecule has 1 N–H and O–H groups in total. The van der Waals surface area contributed by atoms with E-state index in [9.17, 15) is 18.0 Å². The molecule has 3 aromatic rings. The highest BCUT2D eigenvalue weighted by molar-refractivity contribution is 7.92. The second-order valence-corrected chi connectivity index (χ2v) is 11.6. The fourth-order valence-electron chi connectivity index (χ4n) is 4.63. The Labute approximate surface area is 249 Å². The fraction of sp³-hybridized carbons (Fsp3) is 0.375. The van der Waals surface area contributed by atoms with E-state index in [0.717, 1.165) is 22.7 Å². The number of carbonyl (C=O) groups excluding carboxylic acids is 2. The van der Waals surface area contributed by atoms with Crippen LogP contribution in [0, 0.1) is 0 Å². The molecule has 9 nitrogen and oxygen atoms in total. The molecule has 0 saturated carbocycles. The third-order valence-corrected chi connectivity index (χ3v) is 8.75. The summed E-state index contributed by atoms with van der Waals surface area (Å²) in [6.45, 7) is 4.12. The molecular formula is C32H41N3O6S. The summed E-state index contributed by atoms with van der Waals surface area (Å²) in [5.74, 6) is -0.00374. The third kappa shape index (κ3) is 8.25. The topological polar surface area (TPSA) is 105 Å². The Bertz CT molecular complexity index is 1400. The van der Waals surface area contributed by atoms with E-state index in [-0.39, 0.29) is 23.0 Å². The van der Waals surface area contributed by atoms with Gasteiger partial charge in [0.1, 0.15) is 12.6 Å². The van der Waals surface area contributed by atoms with Crippen molar-refractivity contribution in [1.29, 1.82) is 0 Å². The van der Waals surface area contributed by atoms with Gasteiger partial charge in [-0.2, -0.15) is 0 Å². The summed E-state index contributed by atoms with van der Waals surface area (Å²) in [4.78, 5) is 28.9. The maximum Gasteiger partial charge on any atom is 0.264 e. The minimum Gasteiger partial charge on any atom is -0.493 e. The number of methoxy groups -OCH3 is 2. The molecule has 0 aromatic heterocycles. The van der Waals surface area contributed by atoms with Gasteiger partial charge in [-0.05, 0) is 49.1 Å². The van der Waals surface area contributed by atoms with Gasteiger partial charge in [0.25, 0.3) is 10.0 Å². The average molecular weight is 596 g/mol. The number of nitrogens with zero attached hydrogens (tertiary/aromatic N) is 2. The fourth-order valence-corrected chi connectivity index (χ4v) is 6.06. The number of sulfonamides is 1. The summed E-state index contributed by atoms with van der Waals surface area (Å²) >= 11 is 0. The number of ether oxygens (including phenoxy) is 2. The first-order chi connectivity index (χ1) is 20.3. The summed E-state index contributed by atoms with van der Waals surface area (Å²) in [5.41, 5.74) is 1.23. The maximum absolute atomic E-state index is 14.1. The number of nitrogens with one attached hydrogen (secondary N) is 1. The van der Waals surface area contributed by atoms with Crippen molar-refractivity contribution >= 4 is 27.5 Å². The zero-order valence-electron chi connectivity index (χ0n) is 24.8. The summed E-state index contributed by atoms with van der Waals surface area (Å²) in [6.07, 6.45) is 2.63. The van der Waals surface area contributed by atoms with Crippen molar-refractivity contribution in [3.05, 3.63) is 84.4 Å². The van der Waals surface area contributed by atoms with Gasteiger partial charge in [-0.1, -0.05) is 68.8 Å². The van der Waals surface area contributed by atoms with Crippen LogP contribution in [0.25, 0.3) is 0 Å². The molecule has 0 saturated heterocycles. The molecule has 0 spiro atoms. The van der Waals surface area contributed by atoms with E-state index in [1.54, 1.807) is 30.3 Å². The maximum atomic E-state index is 14.1. The molecule has 42 heavy (non-hydrogen) atoms. The number of rotatable bonds is 16. The second-order valence-electron chi connectivity index (χ2n) is 9.76. The quantitative estimate of drug-likeness (QED) is 0.242. The Morgan fingerprint density at radius 1 is 0.881 bits per heavy atom. The molecule has 3 aromatic carbocycles. The van der Waals surface area contributed by atoms with Gasteiger partial charge in [-0.15, -0.1) is 0 Å². The van der Waals surface area contributed by atoms with Crippen LogP contribution in [0.3, 0.4) is 0 Å². The molecule has 0 fully saturated rings. The van der Waals surface area contributed by atoms with Gasteiger partial charge >= 0.3 is 0 Å². The van der Waals surface area contributed by atoms with Crippen LogP contribution in [0.4, 0.5) is 5.69 Å². The van der Waals surface area contributed by atoms with Crippen molar-refractivity contribution < 1.29 is 27.5 Å². The molecule has 2 amide bonds. The average Bonchev–Trinajstić information content (AvgIpc) is 3.02. The summed E-state index contributed by atoms with van der Waals surface area (Å²) in [7, 11) is -1.23. The van der Waals surface area contributed by atoms with Crippen molar-refractivity contribution in [2.24, 2.45) is 0 Å². The van der Waals surface area contributed by atoms with Gasteiger partial charge in [0.15, 0.2) is 11.5 Å². The van der Waals surface area contributed by atoms with E-state index < -0.39 is 28.5 Å². The highest BCUT2D eigenvalue weighted by Crippen LogP contribution is 2.34. The molecule has 0 aliphatic rings. The number of benzene rings is 3. The predicted octanol–water partition coefficient (Wildman–Crippen LogP) is 4.67. The molecule has 0 aliphatic carbocycles. The Morgan fingerprint density at radius 2 is 1.52 bits per heavy atom. The van der Waals surface area contributed by atoms with Crippen molar-refractivity contribution in [2.45, 2.75) is 50.5 Å². The van der Waals surface area contributed by atoms with E-state index in [1.165, 1.54) is 37.3 Å². The lowest BCUT2D eigenvalue weighted by molar-refractivity contribution is -0.139. The third-order valence-electron chi connectivity index (χ3n) is 6.96. The smallest absolute Gasteiger partial charge is 0.264 e. The molecule has 0 unspecified atom stereocenters. The Balaban J connectivity index is 2.03. The first-order valence-corrected chi connectivity index (χ1v) is 15.6. The van der Waals surface area contributed by atoms with Crippen LogP contribution >= 0.6 is 0 Å². The number of hydrogen-bond donors (Lipinski definition) is 1. The van der Waals surface area contributed by atoms with E-state index >= 15 is 0 Å². The van der Waals surface area contributed by atoms with Gasteiger partial charge in [-0.25, -0.2) is 8.42 Å². The van der Waals surface area contributed by atoms with Gasteiger partial charge < -0.3 is 19.7 Å². The Kier molecular flexibility index (Phi) is 12.2. The minimum absolute atomic E-state index is 0.0350. The molecule has 10 heteroatoms. The molecule has 0 heterocycles. The Hall–Kier alpha value is -4.05. The molecule has 226 valence electrons. The SMILES string of the molecule is CCCCNC(=O)[C@H](CC)N(CCc1ccccc1)C(=O)CN(c1ccc(OC)c(OC)c1)S(=O)(=O)c1ccccc1. The van der Waals surface area contributed by atoms with Crippen LogP contribution in [0.1, 0.15) is 38.7 Å². The second kappa shape index (κ2) is 15.8. The molecule has 1 atom stereocenters. The lowest BCUT2D eigenvalue weighted by Crippen LogP contribution is -2.53. The van der Waals surface area contributed by atoms with Crippen LogP contribution in [0.5, 0.6) is 11.5 Å². The predicted molar refractivity (Wildman–Crippen MR) is 164 cm³/mol. The molecule has 0 bridgehead atoms. The van der Waals surface area contributed by atoms with Crippen molar-refractivity contribution in [3.8, 4) is 11.5 Å².